The van der Waals surface area contributed by atoms with Gasteiger partial charge in [0, 0.05) is 29.2 Å². The summed E-state index contributed by atoms with van der Waals surface area (Å²) in [6.45, 7) is -0.0200. The number of aromatic nitrogens is 2. The van der Waals surface area contributed by atoms with E-state index < -0.39 is 17.5 Å². The number of pyridine rings is 1. The van der Waals surface area contributed by atoms with E-state index in [0.717, 1.165) is 5.39 Å². The largest absolute Gasteiger partial charge is 0.497 e. The number of imide groups is 1. The molecule has 0 spiro atoms. The summed E-state index contributed by atoms with van der Waals surface area (Å²) in [6.07, 6.45) is 3.35. The van der Waals surface area contributed by atoms with Crippen molar-refractivity contribution in [2.45, 2.75) is 12.1 Å². The van der Waals surface area contributed by atoms with E-state index in [2.05, 4.69) is 15.6 Å². The Balaban J connectivity index is 1.51. The molecule has 3 heterocycles. The third-order valence-corrected chi connectivity index (χ3v) is 5.62. The van der Waals surface area contributed by atoms with E-state index in [-0.39, 0.29) is 12.4 Å². The number of carbonyl (C=O) groups excluding carboxylic acids is 2. The van der Waals surface area contributed by atoms with Gasteiger partial charge in [0.25, 0.3) is 5.91 Å². The van der Waals surface area contributed by atoms with Gasteiger partial charge in [0.05, 0.1) is 13.7 Å². The van der Waals surface area contributed by atoms with Crippen LogP contribution in [0.25, 0.3) is 10.8 Å². The highest BCUT2D eigenvalue weighted by Gasteiger charge is 2.48. The molecule has 1 fully saturated rings. The summed E-state index contributed by atoms with van der Waals surface area (Å²) in [7, 11) is 1.55. The van der Waals surface area contributed by atoms with E-state index in [4.69, 9.17) is 9.47 Å². The number of nitrogens with one attached hydrogen (secondary N) is 2. The van der Waals surface area contributed by atoms with Gasteiger partial charge in [-0.05, 0) is 42.0 Å². The van der Waals surface area contributed by atoms with Gasteiger partial charge in [-0.2, -0.15) is 0 Å². The molecule has 166 valence electrons. The minimum Gasteiger partial charge on any atom is -0.497 e. The number of nitrogens with zero attached hydrogens (tertiary/aromatic N) is 2. The minimum absolute atomic E-state index is 0.0200. The van der Waals surface area contributed by atoms with Crippen molar-refractivity contribution in [2.24, 2.45) is 0 Å². The summed E-state index contributed by atoms with van der Waals surface area (Å²) in [5.74, 6) is 1.01. The fourth-order valence-electron chi connectivity index (χ4n) is 3.96. The number of benzene rings is 2. The van der Waals surface area contributed by atoms with Crippen LogP contribution < -0.4 is 20.1 Å². The fourth-order valence-corrected chi connectivity index (χ4v) is 3.96. The Morgan fingerprint density at radius 3 is 2.52 bits per heavy atom. The van der Waals surface area contributed by atoms with Gasteiger partial charge in [-0.25, -0.2) is 9.78 Å². The van der Waals surface area contributed by atoms with Crippen molar-refractivity contribution in [1.29, 1.82) is 0 Å². The Morgan fingerprint density at radius 1 is 1.06 bits per heavy atom. The molecule has 1 unspecified atom stereocenters. The maximum Gasteiger partial charge on any atom is 0.322 e. The lowest BCUT2D eigenvalue weighted by Crippen LogP contribution is -2.47. The smallest absolute Gasteiger partial charge is 0.322 e. The number of carbonyl (C=O) groups is 2. The predicted octanol–water partition coefficient (Wildman–Crippen LogP) is 3.28. The summed E-state index contributed by atoms with van der Waals surface area (Å²) in [5, 5.41) is 17.2. The van der Waals surface area contributed by atoms with E-state index in [0.29, 0.717) is 28.3 Å². The zero-order chi connectivity index (χ0) is 23.0. The second kappa shape index (κ2) is 7.86. The third kappa shape index (κ3) is 3.59. The van der Waals surface area contributed by atoms with Gasteiger partial charge < -0.3 is 24.5 Å². The van der Waals surface area contributed by atoms with Crippen LogP contribution in [0.1, 0.15) is 5.56 Å². The number of aromatic hydroxyl groups is 1. The van der Waals surface area contributed by atoms with E-state index in [9.17, 15) is 14.7 Å². The monoisotopic (exact) mass is 444 g/mol. The minimum atomic E-state index is -1.42. The average molecular weight is 444 g/mol. The molecule has 5 rings (SSSR count). The second-order valence-corrected chi connectivity index (χ2v) is 7.64. The number of hydrogen-bond acceptors (Lipinski definition) is 6. The van der Waals surface area contributed by atoms with Gasteiger partial charge in [-0.1, -0.05) is 18.2 Å². The molecular formula is C24H20N4O5. The molecule has 1 aliphatic heterocycles. The van der Waals surface area contributed by atoms with E-state index in [1.807, 2.05) is 12.1 Å². The summed E-state index contributed by atoms with van der Waals surface area (Å²) in [5.41, 5.74) is -0.883. The number of hydrogen-bond donors (Lipinski definition) is 3. The van der Waals surface area contributed by atoms with Crippen LogP contribution in [0.2, 0.25) is 0 Å². The summed E-state index contributed by atoms with van der Waals surface area (Å²) in [4.78, 5) is 29.2. The molecular weight excluding hydrogens is 424 g/mol. The number of amides is 3. The highest BCUT2D eigenvalue weighted by Crippen LogP contribution is 2.35. The maximum absolute atomic E-state index is 13.0. The number of methoxy groups -OCH3 is 1. The maximum atomic E-state index is 13.0. The first-order chi connectivity index (χ1) is 16.0. The van der Waals surface area contributed by atoms with Crippen LogP contribution >= 0.6 is 0 Å². The average Bonchev–Trinajstić information content (AvgIpc) is 3.29. The van der Waals surface area contributed by atoms with E-state index in [1.54, 1.807) is 68.0 Å². The molecule has 4 aromatic rings. The first-order valence-corrected chi connectivity index (χ1v) is 10.2. The molecule has 9 nitrogen and oxygen atoms in total. The molecule has 0 bridgehead atoms. The van der Waals surface area contributed by atoms with Crippen LogP contribution in [0.3, 0.4) is 0 Å². The zero-order valence-electron chi connectivity index (χ0n) is 17.6. The number of fused-ring (bicyclic) bond motifs is 1. The van der Waals surface area contributed by atoms with Crippen LogP contribution in [-0.2, 0) is 16.9 Å². The summed E-state index contributed by atoms with van der Waals surface area (Å²) in [6, 6.07) is 16.8. The normalized spacial score (nSPS) is 17.6. The van der Waals surface area contributed by atoms with Gasteiger partial charge in [-0.3, -0.25) is 10.1 Å². The van der Waals surface area contributed by atoms with Crippen molar-refractivity contribution in [3.8, 4) is 23.3 Å². The van der Waals surface area contributed by atoms with Gasteiger partial charge >= 0.3 is 6.03 Å². The summed E-state index contributed by atoms with van der Waals surface area (Å²) < 4.78 is 12.5. The lowest BCUT2D eigenvalue weighted by atomic mass is 9.89. The first-order valence-electron chi connectivity index (χ1n) is 10.2. The van der Waals surface area contributed by atoms with Crippen LogP contribution in [0, 0.1) is 0 Å². The Labute approximate surface area is 188 Å². The molecule has 0 aliphatic carbocycles. The van der Waals surface area contributed by atoms with Crippen LogP contribution in [0.5, 0.6) is 23.3 Å². The molecule has 1 aliphatic rings. The van der Waals surface area contributed by atoms with Crippen LogP contribution in [0.15, 0.2) is 73.1 Å². The molecule has 2 aromatic heterocycles. The molecule has 1 saturated heterocycles. The number of ether oxygens (including phenoxy) is 2. The number of urea groups is 1. The highest BCUT2D eigenvalue weighted by atomic mass is 16.5. The molecule has 2 aromatic carbocycles. The van der Waals surface area contributed by atoms with Gasteiger partial charge in [0.2, 0.25) is 5.88 Å². The quantitative estimate of drug-likeness (QED) is 0.393. The summed E-state index contributed by atoms with van der Waals surface area (Å²) >= 11 is 0. The highest BCUT2D eigenvalue weighted by molar-refractivity contribution is 6.07. The van der Waals surface area contributed by atoms with Crippen LogP contribution in [0.4, 0.5) is 4.79 Å². The van der Waals surface area contributed by atoms with E-state index in [1.165, 1.54) is 4.57 Å². The Morgan fingerprint density at radius 2 is 1.85 bits per heavy atom. The Kier molecular flexibility index (Phi) is 4.86. The second-order valence-electron chi connectivity index (χ2n) is 7.64. The molecule has 0 radical (unpaired) electrons. The lowest BCUT2D eigenvalue weighted by molar-refractivity contribution is -0.124. The fraction of sp³-hybridized carbons (Fsp3) is 0.125. The number of rotatable bonds is 6. The predicted molar refractivity (Wildman–Crippen MR) is 119 cm³/mol. The topological polar surface area (TPSA) is 115 Å². The van der Waals surface area contributed by atoms with Crippen molar-refractivity contribution in [2.75, 3.05) is 7.11 Å². The molecule has 3 N–H and O–H groups in total. The Bertz CT molecular complexity index is 1350. The standard InChI is InChI=1S/C24H20N4O5/c1-32-18-8-5-15-13-28(21(29)19(15)12-18)14-24(22(30)26-23(31)27-24)16-6-9-17(10-7-16)33-20-4-2-3-11-25-20/h2-13,29H,14H2,1H3,(H2,26,27,30,31). The van der Waals surface area contributed by atoms with Crippen molar-refractivity contribution in [1.82, 2.24) is 20.2 Å². The molecule has 33 heavy (non-hydrogen) atoms. The van der Waals surface area contributed by atoms with Crippen molar-refractivity contribution < 1.29 is 24.2 Å². The van der Waals surface area contributed by atoms with Gasteiger partial charge in [0.15, 0.2) is 11.4 Å². The third-order valence-electron chi connectivity index (χ3n) is 5.62. The molecule has 9 heteroatoms. The van der Waals surface area contributed by atoms with Crippen LogP contribution in [-0.4, -0.2) is 33.7 Å². The Hall–Kier alpha value is -4.53. The van der Waals surface area contributed by atoms with Crippen molar-refractivity contribution >= 4 is 22.7 Å². The molecule has 0 saturated carbocycles. The molecule has 1 atom stereocenters. The molecule has 3 amide bonds. The van der Waals surface area contributed by atoms with Crippen molar-refractivity contribution in [3.63, 3.8) is 0 Å². The van der Waals surface area contributed by atoms with Gasteiger partial charge in [-0.15, -0.1) is 0 Å². The van der Waals surface area contributed by atoms with E-state index >= 15 is 0 Å². The van der Waals surface area contributed by atoms with Crippen molar-refractivity contribution in [3.05, 3.63) is 78.6 Å². The van der Waals surface area contributed by atoms with Gasteiger partial charge in [0.1, 0.15) is 11.5 Å². The first kappa shape index (κ1) is 20.4. The zero-order valence-corrected chi connectivity index (χ0v) is 17.6. The SMILES string of the molecule is COc1ccc2cn(CC3(c4ccc(Oc5ccccn5)cc4)NC(=O)NC3=O)c(O)c2c1. The lowest BCUT2D eigenvalue weighted by Gasteiger charge is -2.27.